The third-order valence-corrected chi connectivity index (χ3v) is 4.67. The Morgan fingerprint density at radius 1 is 1.32 bits per heavy atom. The average Bonchev–Trinajstić information content (AvgIpc) is 3.11. The van der Waals surface area contributed by atoms with E-state index in [0.29, 0.717) is 29.2 Å². The first-order valence-electron chi connectivity index (χ1n) is 10.1. The molecule has 0 saturated heterocycles. The number of anilines is 1. The van der Waals surface area contributed by atoms with Crippen LogP contribution >= 0.6 is 0 Å². The van der Waals surface area contributed by atoms with Crippen molar-refractivity contribution in [3.63, 3.8) is 0 Å². The largest absolute Gasteiger partial charge is 0.493 e. The summed E-state index contributed by atoms with van der Waals surface area (Å²) in [5.41, 5.74) is 2.77. The minimum atomic E-state index is -0.997. The van der Waals surface area contributed by atoms with Crippen LogP contribution in [0.5, 0.6) is 11.5 Å². The smallest absolute Gasteiger partial charge is 0.331 e. The van der Waals surface area contributed by atoms with Crippen LogP contribution in [0.4, 0.5) is 5.69 Å². The van der Waals surface area contributed by atoms with Crippen LogP contribution in [-0.4, -0.2) is 30.7 Å². The van der Waals surface area contributed by atoms with Crippen LogP contribution in [-0.2, 0) is 20.7 Å². The van der Waals surface area contributed by atoms with Crippen molar-refractivity contribution >= 4 is 23.6 Å². The van der Waals surface area contributed by atoms with Gasteiger partial charge in [-0.05, 0) is 63.2 Å². The van der Waals surface area contributed by atoms with E-state index >= 15 is 0 Å². The standard InChI is InChI=1S/C24H24N2O5/c1-4-29-21-13-19-11-15(2)30-22(19)12-18(21)7-10-23(27)31-16(3)24(28)26-20-8-5-17(14-25)6-9-20/h5-10,12-13,15-16H,4,11H2,1-3H3,(H,26,28)/b10-7+/t15-,16-/m1/s1. The Hall–Kier alpha value is -3.79. The number of amides is 1. The van der Waals surface area contributed by atoms with Crippen LogP contribution in [0.3, 0.4) is 0 Å². The molecule has 1 heterocycles. The first-order valence-corrected chi connectivity index (χ1v) is 10.1. The SMILES string of the molecule is CCOc1cc2c(cc1/C=C/C(=O)O[C@H](C)C(=O)Nc1ccc(C#N)cc1)O[C@H](C)C2. The van der Waals surface area contributed by atoms with Gasteiger partial charge in [-0.2, -0.15) is 5.26 Å². The fourth-order valence-electron chi connectivity index (χ4n) is 3.16. The number of nitrogens with zero attached hydrogens (tertiary/aromatic N) is 1. The second kappa shape index (κ2) is 9.81. The lowest BCUT2D eigenvalue weighted by atomic mass is 10.1. The van der Waals surface area contributed by atoms with Gasteiger partial charge in [0.1, 0.15) is 17.6 Å². The van der Waals surface area contributed by atoms with Crippen molar-refractivity contribution in [1.82, 2.24) is 0 Å². The number of nitriles is 1. The van der Waals surface area contributed by atoms with Crippen molar-refractivity contribution in [2.24, 2.45) is 0 Å². The normalized spacial score (nSPS) is 15.5. The minimum absolute atomic E-state index is 0.101. The van der Waals surface area contributed by atoms with Gasteiger partial charge in [0.05, 0.1) is 18.2 Å². The fraction of sp³-hybridized carbons (Fsp3) is 0.292. The molecule has 0 radical (unpaired) electrons. The highest BCUT2D eigenvalue weighted by Gasteiger charge is 2.21. The molecule has 160 valence electrons. The van der Waals surface area contributed by atoms with E-state index in [-0.39, 0.29) is 6.10 Å². The lowest BCUT2D eigenvalue weighted by Gasteiger charge is -2.13. The summed E-state index contributed by atoms with van der Waals surface area (Å²) in [6.07, 6.45) is 2.76. The molecule has 1 aliphatic rings. The second-order valence-corrected chi connectivity index (χ2v) is 7.15. The van der Waals surface area contributed by atoms with Crippen molar-refractivity contribution < 1.29 is 23.8 Å². The molecule has 1 amide bonds. The number of esters is 1. The van der Waals surface area contributed by atoms with Crippen LogP contribution in [0.2, 0.25) is 0 Å². The van der Waals surface area contributed by atoms with Gasteiger partial charge in [-0.15, -0.1) is 0 Å². The summed E-state index contributed by atoms with van der Waals surface area (Å²) in [4.78, 5) is 24.5. The van der Waals surface area contributed by atoms with Gasteiger partial charge in [-0.3, -0.25) is 4.79 Å². The summed E-state index contributed by atoms with van der Waals surface area (Å²) in [5, 5.41) is 11.5. The molecule has 31 heavy (non-hydrogen) atoms. The fourth-order valence-corrected chi connectivity index (χ4v) is 3.16. The Bertz CT molecular complexity index is 1040. The van der Waals surface area contributed by atoms with E-state index in [0.717, 1.165) is 17.7 Å². The minimum Gasteiger partial charge on any atom is -0.493 e. The van der Waals surface area contributed by atoms with Gasteiger partial charge in [-0.1, -0.05) is 0 Å². The molecule has 0 aromatic heterocycles. The molecule has 0 aliphatic carbocycles. The summed E-state index contributed by atoms with van der Waals surface area (Å²) >= 11 is 0. The number of carbonyl (C=O) groups is 2. The Morgan fingerprint density at radius 3 is 2.74 bits per heavy atom. The maximum atomic E-state index is 12.3. The summed E-state index contributed by atoms with van der Waals surface area (Å²) < 4.78 is 16.7. The summed E-state index contributed by atoms with van der Waals surface area (Å²) in [6.45, 7) is 5.87. The zero-order valence-corrected chi connectivity index (χ0v) is 17.7. The molecule has 2 atom stereocenters. The molecule has 0 fully saturated rings. The molecule has 7 heteroatoms. The first kappa shape index (κ1) is 21.9. The van der Waals surface area contributed by atoms with E-state index in [2.05, 4.69) is 5.32 Å². The van der Waals surface area contributed by atoms with Gasteiger partial charge < -0.3 is 19.5 Å². The number of hydrogen-bond donors (Lipinski definition) is 1. The van der Waals surface area contributed by atoms with Crippen LogP contribution in [0.25, 0.3) is 6.08 Å². The van der Waals surface area contributed by atoms with Crippen molar-refractivity contribution in [2.45, 2.75) is 39.4 Å². The van der Waals surface area contributed by atoms with Crippen LogP contribution in [0.1, 0.15) is 37.5 Å². The van der Waals surface area contributed by atoms with Crippen molar-refractivity contribution in [3.8, 4) is 17.6 Å². The Kier molecular flexibility index (Phi) is 6.93. The number of ether oxygens (including phenoxy) is 3. The molecule has 0 saturated carbocycles. The highest BCUT2D eigenvalue weighted by atomic mass is 16.5. The topological polar surface area (TPSA) is 97.6 Å². The molecule has 0 bridgehead atoms. The number of nitrogens with one attached hydrogen (secondary N) is 1. The van der Waals surface area contributed by atoms with Gasteiger partial charge >= 0.3 is 5.97 Å². The summed E-state index contributed by atoms with van der Waals surface area (Å²) in [7, 11) is 0. The van der Waals surface area contributed by atoms with E-state index in [4.69, 9.17) is 19.5 Å². The van der Waals surface area contributed by atoms with E-state index in [9.17, 15) is 9.59 Å². The van der Waals surface area contributed by atoms with E-state index in [1.54, 1.807) is 30.3 Å². The van der Waals surface area contributed by atoms with Gasteiger partial charge in [0.2, 0.25) is 0 Å². The third kappa shape index (κ3) is 5.64. The Balaban J connectivity index is 1.62. The zero-order chi connectivity index (χ0) is 22.4. The maximum Gasteiger partial charge on any atom is 0.331 e. The summed E-state index contributed by atoms with van der Waals surface area (Å²) in [5.74, 6) is 0.315. The molecule has 2 aromatic carbocycles. The maximum absolute atomic E-state index is 12.3. The molecule has 2 aromatic rings. The lowest BCUT2D eigenvalue weighted by Crippen LogP contribution is -2.29. The molecule has 1 aliphatic heterocycles. The number of rotatable bonds is 7. The molecule has 3 rings (SSSR count). The van der Waals surface area contributed by atoms with Gasteiger partial charge in [-0.25, -0.2) is 4.79 Å². The monoisotopic (exact) mass is 420 g/mol. The van der Waals surface area contributed by atoms with Gasteiger partial charge in [0.15, 0.2) is 6.10 Å². The average molecular weight is 420 g/mol. The molecule has 0 unspecified atom stereocenters. The van der Waals surface area contributed by atoms with Crippen molar-refractivity contribution in [3.05, 3.63) is 59.2 Å². The Labute approximate surface area is 181 Å². The molecule has 0 spiro atoms. The van der Waals surface area contributed by atoms with E-state index in [1.807, 2.05) is 32.0 Å². The van der Waals surface area contributed by atoms with Crippen LogP contribution in [0, 0.1) is 11.3 Å². The van der Waals surface area contributed by atoms with E-state index < -0.39 is 18.0 Å². The number of hydrogen-bond acceptors (Lipinski definition) is 6. The quantitative estimate of drug-likeness (QED) is 0.540. The summed E-state index contributed by atoms with van der Waals surface area (Å²) in [6, 6.07) is 12.2. The number of fused-ring (bicyclic) bond motifs is 1. The highest BCUT2D eigenvalue weighted by Crippen LogP contribution is 2.35. The molecule has 1 N–H and O–H groups in total. The Morgan fingerprint density at radius 2 is 2.06 bits per heavy atom. The predicted octanol–water partition coefficient (Wildman–Crippen LogP) is 3.86. The number of carbonyl (C=O) groups excluding carboxylic acids is 2. The van der Waals surface area contributed by atoms with Gasteiger partial charge in [0.25, 0.3) is 5.91 Å². The first-order chi connectivity index (χ1) is 14.9. The lowest BCUT2D eigenvalue weighted by molar-refractivity contribution is -0.148. The van der Waals surface area contributed by atoms with Crippen LogP contribution in [0.15, 0.2) is 42.5 Å². The third-order valence-electron chi connectivity index (χ3n) is 4.67. The number of benzene rings is 2. The zero-order valence-electron chi connectivity index (χ0n) is 17.7. The van der Waals surface area contributed by atoms with Crippen molar-refractivity contribution in [1.29, 1.82) is 5.26 Å². The predicted molar refractivity (Wildman–Crippen MR) is 116 cm³/mol. The highest BCUT2D eigenvalue weighted by molar-refractivity contribution is 5.96. The van der Waals surface area contributed by atoms with Crippen LogP contribution < -0.4 is 14.8 Å². The second-order valence-electron chi connectivity index (χ2n) is 7.15. The van der Waals surface area contributed by atoms with Gasteiger partial charge in [0, 0.05) is 29.3 Å². The molecule has 7 nitrogen and oxygen atoms in total. The molecular formula is C24H24N2O5. The molecular weight excluding hydrogens is 396 g/mol. The van der Waals surface area contributed by atoms with Crippen molar-refractivity contribution in [2.75, 3.05) is 11.9 Å². The van der Waals surface area contributed by atoms with E-state index in [1.165, 1.54) is 13.0 Å².